The van der Waals surface area contributed by atoms with E-state index in [-0.39, 0.29) is 17.7 Å². The third kappa shape index (κ3) is 4.24. The molecule has 3 aromatic heterocycles. The summed E-state index contributed by atoms with van der Waals surface area (Å²) in [7, 11) is 0. The normalized spacial score (nSPS) is 19.3. The first kappa shape index (κ1) is 19.4. The van der Waals surface area contributed by atoms with Crippen molar-refractivity contribution in [3.05, 3.63) is 52.6 Å². The number of aliphatic hydroxyl groups is 1. The number of nitrogens with zero attached hydrogens (tertiary/aromatic N) is 3. The van der Waals surface area contributed by atoms with Gasteiger partial charge >= 0.3 is 0 Å². The Morgan fingerprint density at radius 3 is 2.86 bits per heavy atom. The summed E-state index contributed by atoms with van der Waals surface area (Å²) in [5.41, 5.74) is 1.04. The first-order valence-corrected chi connectivity index (χ1v) is 10.2. The van der Waals surface area contributed by atoms with Crippen molar-refractivity contribution in [2.75, 3.05) is 10.6 Å². The van der Waals surface area contributed by atoms with Crippen LogP contribution in [0, 0.1) is 6.92 Å². The van der Waals surface area contributed by atoms with Gasteiger partial charge < -0.3 is 20.3 Å². The Morgan fingerprint density at radius 1 is 1.24 bits per heavy atom. The molecule has 2 unspecified atom stereocenters. The molecular formula is C22H27N5O2. The van der Waals surface area contributed by atoms with Gasteiger partial charge in [-0.05, 0) is 74.7 Å². The molecule has 3 aromatic rings. The van der Waals surface area contributed by atoms with Crippen LogP contribution < -0.4 is 16.2 Å². The second kappa shape index (κ2) is 8.21. The van der Waals surface area contributed by atoms with Gasteiger partial charge in [-0.2, -0.15) is 0 Å². The minimum atomic E-state index is -0.308. The second-order valence-corrected chi connectivity index (χ2v) is 7.73. The number of rotatable bonds is 5. The molecule has 3 heterocycles. The van der Waals surface area contributed by atoms with E-state index in [0.29, 0.717) is 35.8 Å². The van der Waals surface area contributed by atoms with Crippen LogP contribution in [0.1, 0.15) is 38.2 Å². The van der Waals surface area contributed by atoms with Gasteiger partial charge in [0.05, 0.1) is 11.5 Å². The van der Waals surface area contributed by atoms with Crippen molar-refractivity contribution in [1.29, 1.82) is 0 Å². The molecular weight excluding hydrogens is 366 g/mol. The Balaban J connectivity index is 1.77. The number of aliphatic hydroxyl groups excluding tert-OH is 1. The zero-order chi connectivity index (χ0) is 20.4. The van der Waals surface area contributed by atoms with Crippen LogP contribution in [0.4, 0.5) is 17.5 Å². The number of fused-ring (bicyclic) bond motifs is 1. The first-order valence-electron chi connectivity index (χ1n) is 10.2. The highest BCUT2D eigenvalue weighted by atomic mass is 16.3. The summed E-state index contributed by atoms with van der Waals surface area (Å²) in [5.74, 6) is 1.89. The number of aryl methyl sites for hydroxylation is 2. The third-order valence-corrected chi connectivity index (χ3v) is 5.46. The van der Waals surface area contributed by atoms with E-state index < -0.39 is 0 Å². The van der Waals surface area contributed by atoms with Crippen LogP contribution >= 0.6 is 0 Å². The van der Waals surface area contributed by atoms with Crippen LogP contribution in [-0.4, -0.2) is 31.8 Å². The monoisotopic (exact) mass is 393 g/mol. The zero-order valence-corrected chi connectivity index (χ0v) is 16.9. The molecule has 152 valence electrons. The van der Waals surface area contributed by atoms with Crippen molar-refractivity contribution in [2.45, 2.75) is 58.2 Å². The van der Waals surface area contributed by atoms with Gasteiger partial charge in [-0.15, -0.1) is 0 Å². The van der Waals surface area contributed by atoms with E-state index >= 15 is 0 Å². The van der Waals surface area contributed by atoms with Gasteiger partial charge in [0.2, 0.25) is 0 Å². The van der Waals surface area contributed by atoms with Crippen molar-refractivity contribution >= 4 is 28.2 Å². The predicted molar refractivity (Wildman–Crippen MR) is 116 cm³/mol. The molecule has 0 radical (unpaired) electrons. The maximum Gasteiger partial charge on any atom is 0.262 e. The lowest BCUT2D eigenvalue weighted by molar-refractivity contribution is 0.124. The quantitative estimate of drug-likeness (QED) is 0.614. The molecule has 1 aliphatic carbocycles. The molecule has 0 aromatic carbocycles. The molecule has 2 atom stereocenters. The van der Waals surface area contributed by atoms with Crippen LogP contribution in [0.25, 0.3) is 10.8 Å². The molecule has 7 heteroatoms. The van der Waals surface area contributed by atoms with Crippen molar-refractivity contribution in [3.8, 4) is 0 Å². The fourth-order valence-corrected chi connectivity index (χ4v) is 3.94. The van der Waals surface area contributed by atoms with E-state index in [1.165, 1.54) is 0 Å². The van der Waals surface area contributed by atoms with E-state index in [4.69, 9.17) is 4.98 Å². The van der Waals surface area contributed by atoms with Gasteiger partial charge in [0.15, 0.2) is 0 Å². The number of pyridine rings is 3. The number of hydrogen-bond acceptors (Lipinski definition) is 6. The Labute approximate surface area is 169 Å². The molecule has 3 N–H and O–H groups in total. The standard InChI is InChI=1S/C22H27N5O2/c1-3-27-10-8-15-12-19(25-18-11-14(2)7-9-23-18)26-21(20(15)22(27)29)24-16-5-4-6-17(28)13-16/h7-12,16-17,28H,3-6,13H2,1-2H3,(H2,23,24,25,26). The lowest BCUT2D eigenvalue weighted by atomic mass is 9.93. The lowest BCUT2D eigenvalue weighted by Crippen LogP contribution is -2.31. The predicted octanol–water partition coefficient (Wildman–Crippen LogP) is 3.58. The van der Waals surface area contributed by atoms with Crippen LogP contribution in [-0.2, 0) is 6.54 Å². The minimum Gasteiger partial charge on any atom is -0.393 e. The molecule has 0 aliphatic heterocycles. The van der Waals surface area contributed by atoms with Crippen LogP contribution in [0.3, 0.4) is 0 Å². The highest BCUT2D eigenvalue weighted by molar-refractivity contribution is 5.93. The largest absolute Gasteiger partial charge is 0.393 e. The van der Waals surface area contributed by atoms with Crippen LogP contribution in [0.15, 0.2) is 41.5 Å². The van der Waals surface area contributed by atoms with Gasteiger partial charge in [0.25, 0.3) is 5.56 Å². The van der Waals surface area contributed by atoms with Crippen molar-refractivity contribution < 1.29 is 5.11 Å². The Bertz CT molecular complexity index is 1080. The van der Waals surface area contributed by atoms with E-state index in [1.54, 1.807) is 10.8 Å². The molecule has 0 saturated heterocycles. The highest BCUT2D eigenvalue weighted by Gasteiger charge is 2.22. The summed E-state index contributed by atoms with van der Waals surface area (Å²) in [5, 5.41) is 18.1. The fraction of sp³-hybridized carbons (Fsp3) is 0.409. The Kier molecular flexibility index (Phi) is 5.49. The molecule has 0 amide bonds. The van der Waals surface area contributed by atoms with E-state index in [2.05, 4.69) is 15.6 Å². The molecule has 1 aliphatic rings. The number of nitrogens with one attached hydrogen (secondary N) is 2. The summed E-state index contributed by atoms with van der Waals surface area (Å²) in [4.78, 5) is 22.1. The van der Waals surface area contributed by atoms with Crippen LogP contribution in [0.2, 0.25) is 0 Å². The van der Waals surface area contributed by atoms with Gasteiger partial charge in [-0.1, -0.05) is 0 Å². The van der Waals surface area contributed by atoms with E-state index in [9.17, 15) is 9.90 Å². The average molecular weight is 393 g/mol. The van der Waals surface area contributed by atoms with Crippen molar-refractivity contribution in [1.82, 2.24) is 14.5 Å². The number of anilines is 3. The average Bonchev–Trinajstić information content (AvgIpc) is 2.68. The van der Waals surface area contributed by atoms with Gasteiger partial charge in [-0.3, -0.25) is 4.79 Å². The van der Waals surface area contributed by atoms with E-state index in [1.807, 2.05) is 44.3 Å². The molecule has 29 heavy (non-hydrogen) atoms. The molecule has 0 bridgehead atoms. The summed E-state index contributed by atoms with van der Waals surface area (Å²) < 4.78 is 1.68. The number of hydrogen-bond donors (Lipinski definition) is 3. The molecule has 0 spiro atoms. The summed E-state index contributed by atoms with van der Waals surface area (Å²) in [6.07, 6.45) is 6.66. The van der Waals surface area contributed by atoms with Gasteiger partial charge in [0.1, 0.15) is 17.5 Å². The second-order valence-electron chi connectivity index (χ2n) is 7.73. The summed E-state index contributed by atoms with van der Waals surface area (Å²) in [6.45, 7) is 4.56. The summed E-state index contributed by atoms with van der Waals surface area (Å²) >= 11 is 0. The maximum absolute atomic E-state index is 13.0. The van der Waals surface area contributed by atoms with Crippen molar-refractivity contribution in [2.24, 2.45) is 0 Å². The zero-order valence-electron chi connectivity index (χ0n) is 16.9. The minimum absolute atomic E-state index is 0.0587. The molecule has 7 nitrogen and oxygen atoms in total. The van der Waals surface area contributed by atoms with Crippen molar-refractivity contribution in [3.63, 3.8) is 0 Å². The third-order valence-electron chi connectivity index (χ3n) is 5.46. The SMILES string of the molecule is CCn1ccc2cc(Nc3cc(C)ccn3)nc(NC3CCCC(O)C3)c2c1=O. The Hall–Kier alpha value is -2.93. The topological polar surface area (TPSA) is 92.1 Å². The molecule has 4 rings (SSSR count). The van der Waals surface area contributed by atoms with Crippen LogP contribution in [0.5, 0.6) is 0 Å². The number of aromatic nitrogens is 3. The first-order chi connectivity index (χ1) is 14.0. The maximum atomic E-state index is 13.0. The summed E-state index contributed by atoms with van der Waals surface area (Å²) in [6, 6.07) is 7.80. The smallest absolute Gasteiger partial charge is 0.262 e. The lowest BCUT2D eigenvalue weighted by Gasteiger charge is -2.27. The van der Waals surface area contributed by atoms with Gasteiger partial charge in [0, 0.05) is 25.0 Å². The highest BCUT2D eigenvalue weighted by Crippen LogP contribution is 2.27. The molecule has 1 fully saturated rings. The fourth-order valence-electron chi connectivity index (χ4n) is 3.94. The van der Waals surface area contributed by atoms with E-state index in [0.717, 1.165) is 30.2 Å². The Morgan fingerprint density at radius 2 is 2.10 bits per heavy atom. The molecule has 1 saturated carbocycles. The van der Waals surface area contributed by atoms with Gasteiger partial charge in [-0.25, -0.2) is 9.97 Å².